The number of amides is 2. The first-order valence-electron chi connectivity index (χ1n) is 8.46. The Bertz CT molecular complexity index is 561. The Morgan fingerprint density at radius 3 is 2.60 bits per heavy atom. The van der Waals surface area contributed by atoms with Crippen molar-refractivity contribution in [2.75, 3.05) is 33.8 Å². The van der Waals surface area contributed by atoms with E-state index in [9.17, 15) is 9.59 Å². The molecule has 0 aromatic heterocycles. The summed E-state index contributed by atoms with van der Waals surface area (Å²) in [5.74, 6) is 0.216. The summed E-state index contributed by atoms with van der Waals surface area (Å²) in [6.45, 7) is 5.44. The number of nitrogens with two attached hydrogens (primary N) is 1. The number of carbonyl (C=O) groups is 2. The molecule has 1 atom stereocenters. The predicted octanol–water partition coefficient (Wildman–Crippen LogP) is 0.343. The molecule has 0 saturated heterocycles. The van der Waals surface area contributed by atoms with Crippen LogP contribution < -0.4 is 21.1 Å². The minimum Gasteiger partial charge on any atom is -0.492 e. The monoisotopic (exact) mass is 350 g/mol. The summed E-state index contributed by atoms with van der Waals surface area (Å²) in [5.41, 5.74) is 6.66. The Balaban J connectivity index is 2.37. The fourth-order valence-electron chi connectivity index (χ4n) is 1.94. The smallest absolute Gasteiger partial charge is 0.239 e. The zero-order valence-electron chi connectivity index (χ0n) is 15.5. The molecule has 1 aromatic rings. The summed E-state index contributed by atoms with van der Waals surface area (Å²) in [5, 5.41) is 5.31. The van der Waals surface area contributed by atoms with E-state index in [0.29, 0.717) is 13.2 Å². The van der Waals surface area contributed by atoms with E-state index in [0.717, 1.165) is 17.9 Å². The Morgan fingerprint density at radius 2 is 1.96 bits per heavy atom. The molecule has 0 heterocycles. The van der Waals surface area contributed by atoms with Crippen LogP contribution >= 0.6 is 0 Å². The number of ether oxygens (including phenoxy) is 1. The quantitative estimate of drug-likeness (QED) is 0.565. The van der Waals surface area contributed by atoms with Gasteiger partial charge in [-0.2, -0.15) is 0 Å². The van der Waals surface area contributed by atoms with E-state index in [1.807, 2.05) is 57.1 Å². The molecule has 140 valence electrons. The summed E-state index contributed by atoms with van der Waals surface area (Å²) >= 11 is 0. The largest absolute Gasteiger partial charge is 0.492 e. The van der Waals surface area contributed by atoms with Crippen molar-refractivity contribution in [3.8, 4) is 5.75 Å². The van der Waals surface area contributed by atoms with E-state index in [2.05, 4.69) is 10.6 Å². The number of hydrogen-bond acceptors (Lipinski definition) is 5. The van der Waals surface area contributed by atoms with E-state index in [4.69, 9.17) is 10.5 Å². The molecule has 0 fully saturated rings. The molecule has 25 heavy (non-hydrogen) atoms. The van der Waals surface area contributed by atoms with E-state index >= 15 is 0 Å². The van der Waals surface area contributed by atoms with E-state index < -0.39 is 6.04 Å². The number of nitrogens with zero attached hydrogens (tertiary/aromatic N) is 1. The Morgan fingerprint density at radius 1 is 1.24 bits per heavy atom. The van der Waals surface area contributed by atoms with Crippen molar-refractivity contribution in [3.05, 3.63) is 29.8 Å². The summed E-state index contributed by atoms with van der Waals surface area (Å²) in [4.78, 5) is 25.6. The molecule has 4 N–H and O–H groups in total. The molecular formula is C18H30N4O3. The van der Waals surface area contributed by atoms with Crippen molar-refractivity contribution < 1.29 is 14.3 Å². The van der Waals surface area contributed by atoms with Crippen molar-refractivity contribution in [2.24, 2.45) is 11.7 Å². The first kappa shape index (κ1) is 20.9. The van der Waals surface area contributed by atoms with Crippen LogP contribution in [0.4, 0.5) is 0 Å². The predicted molar refractivity (Wildman–Crippen MR) is 98.2 cm³/mol. The third-order valence-electron chi connectivity index (χ3n) is 3.64. The lowest BCUT2D eigenvalue weighted by atomic mass is 10.1. The molecule has 0 aliphatic carbocycles. The van der Waals surface area contributed by atoms with Crippen LogP contribution in [0.5, 0.6) is 5.75 Å². The SMILES string of the molecule is CC(C)[C@H](N)C(=O)NCC(=O)NCc1cccc(OCCN(C)C)c1. The van der Waals surface area contributed by atoms with Crippen molar-refractivity contribution in [1.29, 1.82) is 0 Å². The number of likely N-dealkylation sites (N-methyl/N-ethyl adjacent to an activating group) is 1. The number of hydrogen-bond donors (Lipinski definition) is 3. The molecule has 0 unspecified atom stereocenters. The molecule has 0 radical (unpaired) electrons. The molecule has 1 rings (SSSR count). The molecule has 2 amide bonds. The number of carbonyl (C=O) groups excluding carboxylic acids is 2. The number of nitrogens with one attached hydrogen (secondary N) is 2. The molecule has 7 nitrogen and oxygen atoms in total. The van der Waals surface area contributed by atoms with Gasteiger partial charge in [-0.25, -0.2) is 0 Å². The lowest BCUT2D eigenvalue weighted by Crippen LogP contribution is -2.47. The summed E-state index contributed by atoms with van der Waals surface area (Å²) < 4.78 is 5.67. The van der Waals surface area contributed by atoms with Gasteiger partial charge >= 0.3 is 0 Å². The lowest BCUT2D eigenvalue weighted by molar-refractivity contribution is -0.127. The maximum Gasteiger partial charge on any atom is 0.239 e. The van der Waals surface area contributed by atoms with Crippen molar-refractivity contribution >= 4 is 11.8 Å². The topological polar surface area (TPSA) is 96.7 Å². The van der Waals surface area contributed by atoms with Gasteiger partial charge in [0.25, 0.3) is 0 Å². The molecule has 0 saturated carbocycles. The van der Waals surface area contributed by atoms with Gasteiger partial charge < -0.3 is 26.0 Å². The van der Waals surface area contributed by atoms with Crippen molar-refractivity contribution in [1.82, 2.24) is 15.5 Å². The van der Waals surface area contributed by atoms with Gasteiger partial charge in [0.2, 0.25) is 11.8 Å². The van der Waals surface area contributed by atoms with Gasteiger partial charge in [-0.1, -0.05) is 26.0 Å². The van der Waals surface area contributed by atoms with Crippen molar-refractivity contribution in [2.45, 2.75) is 26.4 Å². The molecule has 0 aliphatic rings. The van der Waals surface area contributed by atoms with E-state index in [-0.39, 0.29) is 24.3 Å². The van der Waals surface area contributed by atoms with Gasteiger partial charge in [0, 0.05) is 13.1 Å². The maximum absolute atomic E-state index is 11.8. The van der Waals surface area contributed by atoms with Gasteiger partial charge in [0.1, 0.15) is 12.4 Å². The highest BCUT2D eigenvalue weighted by Crippen LogP contribution is 2.13. The third-order valence-corrected chi connectivity index (χ3v) is 3.64. The minimum atomic E-state index is -0.608. The Kier molecular flexibility index (Phi) is 8.94. The second kappa shape index (κ2) is 10.7. The standard InChI is InChI=1S/C18H30N4O3/c1-13(2)17(19)18(24)21-12-16(23)20-11-14-6-5-7-15(10-14)25-9-8-22(3)4/h5-7,10,13,17H,8-9,11-12,19H2,1-4H3,(H,20,23)(H,21,24)/t17-/m0/s1. The van der Waals surface area contributed by atoms with Crippen LogP contribution in [0.3, 0.4) is 0 Å². The van der Waals surface area contributed by atoms with Gasteiger partial charge in [0.05, 0.1) is 12.6 Å². The van der Waals surface area contributed by atoms with E-state index in [1.165, 1.54) is 0 Å². The van der Waals surface area contributed by atoms with Crippen LogP contribution in [0.1, 0.15) is 19.4 Å². The highest BCUT2D eigenvalue weighted by molar-refractivity contribution is 5.87. The zero-order valence-corrected chi connectivity index (χ0v) is 15.5. The number of benzene rings is 1. The Labute approximate surface area is 149 Å². The minimum absolute atomic E-state index is 0.0262. The van der Waals surface area contributed by atoms with Gasteiger partial charge in [-0.15, -0.1) is 0 Å². The van der Waals surface area contributed by atoms with Crippen LogP contribution in [0, 0.1) is 5.92 Å². The molecule has 1 aromatic carbocycles. The molecule has 0 aliphatic heterocycles. The molecular weight excluding hydrogens is 320 g/mol. The first-order valence-corrected chi connectivity index (χ1v) is 8.46. The molecule has 0 spiro atoms. The zero-order chi connectivity index (χ0) is 18.8. The summed E-state index contributed by atoms with van der Waals surface area (Å²) in [6, 6.07) is 6.96. The highest BCUT2D eigenvalue weighted by Gasteiger charge is 2.17. The molecule has 0 bridgehead atoms. The van der Waals surface area contributed by atoms with Crippen LogP contribution in [0.25, 0.3) is 0 Å². The van der Waals surface area contributed by atoms with Crippen LogP contribution in [-0.2, 0) is 16.1 Å². The van der Waals surface area contributed by atoms with Gasteiger partial charge in [0.15, 0.2) is 0 Å². The summed E-state index contributed by atoms with van der Waals surface area (Å²) in [6.07, 6.45) is 0. The average Bonchev–Trinajstić information content (AvgIpc) is 2.57. The van der Waals surface area contributed by atoms with Crippen LogP contribution in [0.2, 0.25) is 0 Å². The van der Waals surface area contributed by atoms with E-state index in [1.54, 1.807) is 0 Å². The first-order chi connectivity index (χ1) is 11.8. The van der Waals surface area contributed by atoms with Crippen molar-refractivity contribution in [3.63, 3.8) is 0 Å². The highest BCUT2D eigenvalue weighted by atomic mass is 16.5. The fourth-order valence-corrected chi connectivity index (χ4v) is 1.94. The number of rotatable bonds is 10. The second-order valence-electron chi connectivity index (χ2n) is 6.56. The average molecular weight is 350 g/mol. The normalized spacial score (nSPS) is 12.1. The van der Waals surface area contributed by atoms with Crippen LogP contribution in [0.15, 0.2) is 24.3 Å². The maximum atomic E-state index is 11.8. The van der Waals surface area contributed by atoms with Crippen LogP contribution in [-0.4, -0.2) is 56.5 Å². The van der Waals surface area contributed by atoms with Gasteiger partial charge in [-0.3, -0.25) is 9.59 Å². The summed E-state index contributed by atoms with van der Waals surface area (Å²) in [7, 11) is 3.98. The lowest BCUT2D eigenvalue weighted by Gasteiger charge is -2.15. The fraction of sp³-hybridized carbons (Fsp3) is 0.556. The second-order valence-corrected chi connectivity index (χ2v) is 6.56. The molecule has 7 heteroatoms. The Hall–Kier alpha value is -2.12. The van der Waals surface area contributed by atoms with Gasteiger partial charge in [-0.05, 0) is 37.7 Å². The third kappa shape index (κ3) is 8.51.